The largest absolute Gasteiger partial charge is 0.371 e. The number of anilines is 1. The fourth-order valence-corrected chi connectivity index (χ4v) is 5.19. The molecule has 34 heavy (non-hydrogen) atoms. The van der Waals surface area contributed by atoms with Gasteiger partial charge in [0.05, 0.1) is 11.5 Å². The number of hydrogen-bond donors (Lipinski definition) is 1. The molecule has 2 aromatic carbocycles. The van der Waals surface area contributed by atoms with Gasteiger partial charge in [-0.05, 0) is 43.5 Å². The molecule has 2 heterocycles. The van der Waals surface area contributed by atoms with E-state index in [9.17, 15) is 9.59 Å². The Morgan fingerprint density at radius 3 is 2.18 bits per heavy atom. The van der Waals surface area contributed by atoms with Crippen molar-refractivity contribution in [3.8, 4) is 0 Å². The molecular weight excluding hydrogens is 424 g/mol. The first-order chi connectivity index (χ1) is 16.6. The molecule has 182 valence electrons. The van der Waals surface area contributed by atoms with Gasteiger partial charge in [-0.2, -0.15) is 0 Å². The maximum Gasteiger partial charge on any atom is 0.256 e. The van der Waals surface area contributed by atoms with Gasteiger partial charge in [0, 0.05) is 51.0 Å². The van der Waals surface area contributed by atoms with Crippen LogP contribution in [0.25, 0.3) is 0 Å². The summed E-state index contributed by atoms with van der Waals surface area (Å²) < 4.78 is 0. The van der Waals surface area contributed by atoms with Gasteiger partial charge >= 0.3 is 0 Å². The van der Waals surface area contributed by atoms with Gasteiger partial charge in [0.1, 0.15) is 0 Å². The minimum Gasteiger partial charge on any atom is -0.371 e. The average molecular weight is 463 g/mol. The Labute approximate surface area is 203 Å². The van der Waals surface area contributed by atoms with Gasteiger partial charge in [-0.1, -0.05) is 56.3 Å². The molecule has 0 spiro atoms. The molecule has 2 saturated heterocycles. The monoisotopic (exact) mass is 462 g/mol. The highest BCUT2D eigenvalue weighted by Crippen LogP contribution is 2.27. The molecule has 1 atom stereocenters. The maximum absolute atomic E-state index is 13.3. The van der Waals surface area contributed by atoms with Crippen LogP contribution in [-0.2, 0) is 4.79 Å². The summed E-state index contributed by atoms with van der Waals surface area (Å²) in [6.07, 6.45) is 2.56. The molecule has 0 saturated carbocycles. The number of piperidine rings is 1. The van der Waals surface area contributed by atoms with Gasteiger partial charge in [-0.3, -0.25) is 9.59 Å². The predicted molar refractivity (Wildman–Crippen MR) is 137 cm³/mol. The molecule has 6 nitrogen and oxygen atoms in total. The Kier molecular flexibility index (Phi) is 8.22. The summed E-state index contributed by atoms with van der Waals surface area (Å²) in [6.45, 7) is 10.4. The number of para-hydroxylation sites is 1. The van der Waals surface area contributed by atoms with E-state index in [-0.39, 0.29) is 23.8 Å². The molecule has 2 aliphatic rings. The molecule has 2 amide bonds. The van der Waals surface area contributed by atoms with Crippen LogP contribution in [-0.4, -0.2) is 73.5 Å². The number of rotatable bonds is 7. The smallest absolute Gasteiger partial charge is 0.256 e. The predicted octanol–water partition coefficient (Wildman–Crippen LogP) is 3.74. The molecule has 1 unspecified atom stereocenters. The third kappa shape index (κ3) is 5.61. The van der Waals surface area contributed by atoms with Crippen LogP contribution < -0.4 is 10.2 Å². The molecule has 6 heteroatoms. The molecule has 1 N–H and O–H groups in total. The lowest BCUT2D eigenvalue weighted by molar-refractivity contribution is -0.123. The number of nitrogens with one attached hydrogen (secondary N) is 1. The number of amides is 2. The Morgan fingerprint density at radius 1 is 0.882 bits per heavy atom. The lowest BCUT2D eigenvalue weighted by atomic mass is 9.94. The molecule has 0 aromatic heterocycles. The zero-order chi connectivity index (χ0) is 23.9. The van der Waals surface area contributed by atoms with Crippen molar-refractivity contribution >= 4 is 17.5 Å². The standard InChI is InChI=1S/C28H38N4O2/c1-3-24(22-10-6-5-7-11-22)27(33)29-23-14-16-31(17-15-23)26-13-9-8-12-25(26)28(34)32-20-18-30(4-2)19-21-32/h5-13,23-24H,3-4,14-21H2,1-2H3,(H,29,33). The van der Waals surface area contributed by atoms with Crippen molar-refractivity contribution in [1.29, 1.82) is 0 Å². The Bertz CT molecular complexity index is 948. The molecule has 0 bridgehead atoms. The van der Waals surface area contributed by atoms with Crippen molar-refractivity contribution in [2.75, 3.05) is 50.7 Å². The first kappa shape index (κ1) is 24.3. The summed E-state index contributed by atoms with van der Waals surface area (Å²) >= 11 is 0. The van der Waals surface area contributed by atoms with Gasteiger partial charge in [0.15, 0.2) is 0 Å². The van der Waals surface area contributed by atoms with Crippen LogP contribution in [0.4, 0.5) is 5.69 Å². The minimum atomic E-state index is -0.106. The van der Waals surface area contributed by atoms with Crippen molar-refractivity contribution in [2.24, 2.45) is 0 Å². The van der Waals surface area contributed by atoms with Gasteiger partial charge in [-0.15, -0.1) is 0 Å². The molecule has 4 rings (SSSR count). The number of carbonyl (C=O) groups is 2. The van der Waals surface area contributed by atoms with E-state index >= 15 is 0 Å². The Morgan fingerprint density at radius 2 is 1.53 bits per heavy atom. The SMILES string of the molecule is CCC(C(=O)NC1CCN(c2ccccc2C(=O)N2CCN(CC)CC2)CC1)c1ccccc1. The molecular formula is C28H38N4O2. The Balaban J connectivity index is 1.35. The van der Waals surface area contributed by atoms with Crippen LogP contribution in [0.1, 0.15) is 54.9 Å². The normalized spacial score (nSPS) is 18.5. The van der Waals surface area contributed by atoms with Crippen LogP contribution in [0.15, 0.2) is 54.6 Å². The number of piperazine rings is 1. The van der Waals surface area contributed by atoms with Gasteiger partial charge in [0.25, 0.3) is 5.91 Å². The summed E-state index contributed by atoms with van der Waals surface area (Å²) in [5.41, 5.74) is 2.89. The number of carbonyl (C=O) groups excluding carboxylic acids is 2. The van der Waals surface area contributed by atoms with Crippen molar-refractivity contribution in [3.05, 3.63) is 65.7 Å². The Hall–Kier alpha value is -2.86. The van der Waals surface area contributed by atoms with Crippen LogP contribution in [0.2, 0.25) is 0 Å². The summed E-state index contributed by atoms with van der Waals surface area (Å²) in [5, 5.41) is 3.29. The topological polar surface area (TPSA) is 55.9 Å². The number of benzene rings is 2. The fraction of sp³-hybridized carbons (Fsp3) is 0.500. The van der Waals surface area contributed by atoms with E-state index in [2.05, 4.69) is 35.0 Å². The van der Waals surface area contributed by atoms with E-state index in [1.54, 1.807) is 0 Å². The van der Waals surface area contributed by atoms with Crippen LogP contribution in [0.3, 0.4) is 0 Å². The van der Waals surface area contributed by atoms with E-state index in [0.29, 0.717) is 0 Å². The molecule has 2 fully saturated rings. The van der Waals surface area contributed by atoms with E-state index < -0.39 is 0 Å². The summed E-state index contributed by atoms with van der Waals surface area (Å²) in [6, 6.07) is 18.2. The van der Waals surface area contributed by atoms with Gasteiger partial charge < -0.3 is 20.0 Å². The van der Waals surface area contributed by atoms with Crippen molar-refractivity contribution in [3.63, 3.8) is 0 Å². The number of hydrogen-bond acceptors (Lipinski definition) is 4. The van der Waals surface area contributed by atoms with Gasteiger partial charge in [0.2, 0.25) is 5.91 Å². The highest BCUT2D eigenvalue weighted by molar-refractivity contribution is 6.00. The first-order valence-electron chi connectivity index (χ1n) is 12.8. The number of nitrogens with zero attached hydrogens (tertiary/aromatic N) is 3. The summed E-state index contributed by atoms with van der Waals surface area (Å²) in [7, 11) is 0. The third-order valence-corrected chi connectivity index (χ3v) is 7.35. The second-order valence-corrected chi connectivity index (χ2v) is 9.39. The van der Waals surface area contributed by atoms with E-state index in [0.717, 1.165) is 81.9 Å². The number of likely N-dealkylation sites (N-methyl/N-ethyl adjacent to an activating group) is 1. The minimum absolute atomic E-state index is 0.106. The van der Waals surface area contributed by atoms with E-state index in [4.69, 9.17) is 0 Å². The summed E-state index contributed by atoms with van der Waals surface area (Å²) in [4.78, 5) is 33.0. The van der Waals surface area contributed by atoms with E-state index in [1.165, 1.54) is 0 Å². The van der Waals surface area contributed by atoms with Crippen molar-refractivity contribution in [1.82, 2.24) is 15.1 Å². The second-order valence-electron chi connectivity index (χ2n) is 9.39. The van der Waals surface area contributed by atoms with Crippen LogP contribution in [0, 0.1) is 0 Å². The highest BCUT2D eigenvalue weighted by atomic mass is 16.2. The third-order valence-electron chi connectivity index (χ3n) is 7.35. The maximum atomic E-state index is 13.3. The quantitative estimate of drug-likeness (QED) is 0.681. The zero-order valence-corrected chi connectivity index (χ0v) is 20.6. The lowest BCUT2D eigenvalue weighted by Gasteiger charge is -2.37. The second kappa shape index (κ2) is 11.5. The average Bonchev–Trinajstić information content (AvgIpc) is 2.90. The first-order valence-corrected chi connectivity index (χ1v) is 12.8. The fourth-order valence-electron chi connectivity index (χ4n) is 5.19. The van der Waals surface area contributed by atoms with Crippen LogP contribution in [0.5, 0.6) is 0 Å². The highest BCUT2D eigenvalue weighted by Gasteiger charge is 2.28. The molecule has 0 aliphatic carbocycles. The van der Waals surface area contributed by atoms with Crippen molar-refractivity contribution in [2.45, 2.75) is 45.1 Å². The van der Waals surface area contributed by atoms with Crippen LogP contribution >= 0.6 is 0 Å². The zero-order valence-electron chi connectivity index (χ0n) is 20.6. The van der Waals surface area contributed by atoms with Gasteiger partial charge in [-0.25, -0.2) is 0 Å². The summed E-state index contributed by atoms with van der Waals surface area (Å²) in [5.74, 6) is 0.148. The molecule has 2 aromatic rings. The molecule has 2 aliphatic heterocycles. The van der Waals surface area contributed by atoms with E-state index in [1.807, 2.05) is 53.4 Å². The lowest BCUT2D eigenvalue weighted by Crippen LogP contribution is -2.49. The van der Waals surface area contributed by atoms with Crippen molar-refractivity contribution < 1.29 is 9.59 Å². The molecule has 0 radical (unpaired) electrons.